The first-order valence-electron chi connectivity index (χ1n) is 6.09. The third-order valence-electron chi connectivity index (χ3n) is 3.31. The van der Waals surface area contributed by atoms with E-state index in [1.54, 1.807) is 0 Å². The quantitative estimate of drug-likeness (QED) is 0.904. The molecule has 2 rings (SSSR count). The second kappa shape index (κ2) is 5.25. The van der Waals surface area contributed by atoms with E-state index in [2.05, 4.69) is 60.1 Å². The normalized spacial score (nSPS) is 14.2. The molecule has 0 radical (unpaired) electrons. The van der Waals surface area contributed by atoms with Crippen molar-refractivity contribution in [2.45, 2.75) is 25.8 Å². The molecule has 0 bridgehead atoms. The summed E-state index contributed by atoms with van der Waals surface area (Å²) >= 11 is 3.58. The summed E-state index contributed by atoms with van der Waals surface area (Å²) in [4.78, 5) is 0. The van der Waals surface area contributed by atoms with Gasteiger partial charge in [-0.3, -0.25) is 0 Å². The predicted molar refractivity (Wildman–Crippen MR) is 80.6 cm³/mol. The number of halogens is 1. The lowest BCUT2D eigenvalue weighted by atomic mass is 9.85. The number of benzene rings is 2. The first-order valence-corrected chi connectivity index (χ1v) is 6.88. The molecular weight excluding hydrogens is 286 g/mol. The van der Waals surface area contributed by atoms with E-state index in [0.29, 0.717) is 0 Å². The van der Waals surface area contributed by atoms with Gasteiger partial charge in [0.2, 0.25) is 0 Å². The van der Waals surface area contributed by atoms with Crippen LogP contribution in [0.4, 0.5) is 0 Å². The molecule has 1 nitrogen and oxygen atoms in total. The summed E-state index contributed by atoms with van der Waals surface area (Å²) in [6, 6.07) is 16.6. The van der Waals surface area contributed by atoms with Crippen LogP contribution in [0.3, 0.4) is 0 Å². The first-order chi connectivity index (χ1) is 8.50. The van der Waals surface area contributed by atoms with Gasteiger partial charge in [0.15, 0.2) is 0 Å². The minimum Gasteiger partial charge on any atom is -0.321 e. The van der Waals surface area contributed by atoms with Gasteiger partial charge in [-0.15, -0.1) is 0 Å². The van der Waals surface area contributed by atoms with Gasteiger partial charge >= 0.3 is 0 Å². The van der Waals surface area contributed by atoms with Gasteiger partial charge < -0.3 is 5.73 Å². The number of hydrogen-bond acceptors (Lipinski definition) is 1. The smallest absolute Gasteiger partial charge is 0.0433 e. The van der Waals surface area contributed by atoms with Crippen LogP contribution >= 0.6 is 15.9 Å². The average Bonchev–Trinajstić information content (AvgIpc) is 2.32. The van der Waals surface area contributed by atoms with Crippen molar-refractivity contribution in [2.75, 3.05) is 0 Å². The second-order valence-electron chi connectivity index (χ2n) is 5.00. The summed E-state index contributed by atoms with van der Waals surface area (Å²) in [6.07, 6.45) is 0.836. The van der Waals surface area contributed by atoms with Crippen molar-refractivity contribution in [1.29, 1.82) is 0 Å². The summed E-state index contributed by atoms with van der Waals surface area (Å²) in [7, 11) is 0. The standard InChI is InChI=1S/C16H18BrN/c1-12-7-3-4-8-13(12)11-16(2,18)14-9-5-6-10-15(14)17/h3-10H,11,18H2,1-2H3. The molecule has 1 unspecified atom stereocenters. The van der Waals surface area contributed by atoms with Gasteiger partial charge in [-0.05, 0) is 43.0 Å². The molecule has 0 aromatic heterocycles. The summed E-state index contributed by atoms with van der Waals surface area (Å²) in [6.45, 7) is 4.21. The van der Waals surface area contributed by atoms with Gasteiger partial charge in [-0.25, -0.2) is 0 Å². The van der Waals surface area contributed by atoms with Crippen LogP contribution < -0.4 is 5.73 Å². The summed E-state index contributed by atoms with van der Waals surface area (Å²) in [5, 5.41) is 0. The molecule has 0 saturated carbocycles. The van der Waals surface area contributed by atoms with E-state index in [1.165, 1.54) is 11.1 Å². The Hall–Kier alpha value is -1.12. The van der Waals surface area contributed by atoms with Crippen LogP contribution in [0.2, 0.25) is 0 Å². The minimum absolute atomic E-state index is 0.369. The molecule has 0 aliphatic heterocycles. The van der Waals surface area contributed by atoms with E-state index in [0.717, 1.165) is 16.5 Å². The molecule has 1 atom stereocenters. The molecule has 0 saturated heterocycles. The van der Waals surface area contributed by atoms with E-state index in [-0.39, 0.29) is 5.54 Å². The third-order valence-corrected chi connectivity index (χ3v) is 4.00. The number of aryl methyl sites for hydroxylation is 1. The van der Waals surface area contributed by atoms with Gasteiger partial charge in [0.1, 0.15) is 0 Å². The minimum atomic E-state index is -0.369. The molecule has 0 amide bonds. The highest BCUT2D eigenvalue weighted by Crippen LogP contribution is 2.29. The molecular formula is C16H18BrN. The summed E-state index contributed by atoms with van der Waals surface area (Å²) < 4.78 is 1.07. The molecule has 0 fully saturated rings. The van der Waals surface area contributed by atoms with Crippen molar-refractivity contribution in [3.63, 3.8) is 0 Å². The monoisotopic (exact) mass is 303 g/mol. The molecule has 0 aliphatic rings. The van der Waals surface area contributed by atoms with Gasteiger partial charge in [-0.1, -0.05) is 58.4 Å². The molecule has 2 aromatic rings. The Morgan fingerprint density at radius 1 is 1.06 bits per heavy atom. The van der Waals surface area contributed by atoms with Gasteiger partial charge in [0.25, 0.3) is 0 Å². The van der Waals surface area contributed by atoms with Gasteiger partial charge in [0.05, 0.1) is 0 Å². The van der Waals surface area contributed by atoms with Crippen LogP contribution in [0.25, 0.3) is 0 Å². The third kappa shape index (κ3) is 2.82. The average molecular weight is 304 g/mol. The zero-order chi connectivity index (χ0) is 13.2. The van der Waals surface area contributed by atoms with Crippen LogP contribution in [0, 0.1) is 6.92 Å². The lowest BCUT2D eigenvalue weighted by Crippen LogP contribution is -2.36. The van der Waals surface area contributed by atoms with Crippen LogP contribution in [0.1, 0.15) is 23.6 Å². The molecule has 2 heteroatoms. The van der Waals surface area contributed by atoms with Crippen molar-refractivity contribution in [3.05, 3.63) is 69.7 Å². The zero-order valence-corrected chi connectivity index (χ0v) is 12.4. The maximum absolute atomic E-state index is 6.51. The van der Waals surface area contributed by atoms with Crippen LogP contribution in [0.15, 0.2) is 53.0 Å². The lowest BCUT2D eigenvalue weighted by molar-refractivity contribution is 0.488. The van der Waals surface area contributed by atoms with E-state index in [9.17, 15) is 0 Å². The van der Waals surface area contributed by atoms with E-state index >= 15 is 0 Å². The molecule has 2 aromatic carbocycles. The number of rotatable bonds is 3. The van der Waals surface area contributed by atoms with E-state index < -0.39 is 0 Å². The molecule has 94 valence electrons. The number of nitrogens with two attached hydrogens (primary N) is 1. The fourth-order valence-corrected chi connectivity index (χ4v) is 2.96. The fraction of sp³-hybridized carbons (Fsp3) is 0.250. The van der Waals surface area contributed by atoms with Crippen molar-refractivity contribution in [2.24, 2.45) is 5.73 Å². The zero-order valence-electron chi connectivity index (χ0n) is 10.8. The van der Waals surface area contributed by atoms with Gasteiger partial charge in [-0.2, -0.15) is 0 Å². The Bertz CT molecular complexity index is 546. The van der Waals surface area contributed by atoms with Crippen LogP contribution in [-0.4, -0.2) is 0 Å². The molecule has 0 aliphatic carbocycles. The second-order valence-corrected chi connectivity index (χ2v) is 5.85. The van der Waals surface area contributed by atoms with Crippen molar-refractivity contribution in [3.8, 4) is 0 Å². The summed E-state index contributed by atoms with van der Waals surface area (Å²) in [5.41, 5.74) is 9.88. The highest BCUT2D eigenvalue weighted by atomic mass is 79.9. The summed E-state index contributed by atoms with van der Waals surface area (Å²) in [5.74, 6) is 0. The lowest BCUT2D eigenvalue weighted by Gasteiger charge is -2.27. The first kappa shape index (κ1) is 13.3. The van der Waals surface area contributed by atoms with Crippen molar-refractivity contribution >= 4 is 15.9 Å². The maximum atomic E-state index is 6.51. The largest absolute Gasteiger partial charge is 0.321 e. The highest BCUT2D eigenvalue weighted by molar-refractivity contribution is 9.10. The van der Waals surface area contributed by atoms with Crippen molar-refractivity contribution < 1.29 is 0 Å². The number of hydrogen-bond donors (Lipinski definition) is 1. The SMILES string of the molecule is Cc1ccccc1CC(C)(N)c1ccccc1Br. The topological polar surface area (TPSA) is 26.0 Å². The molecule has 18 heavy (non-hydrogen) atoms. The highest BCUT2D eigenvalue weighted by Gasteiger charge is 2.24. The van der Waals surface area contributed by atoms with E-state index in [1.807, 2.05) is 18.2 Å². The predicted octanol–water partition coefficient (Wildman–Crippen LogP) is 4.17. The van der Waals surface area contributed by atoms with Crippen molar-refractivity contribution in [1.82, 2.24) is 0 Å². The molecule has 0 heterocycles. The Labute approximate surface area is 117 Å². The Balaban J connectivity index is 2.33. The molecule has 2 N–H and O–H groups in total. The van der Waals surface area contributed by atoms with E-state index in [4.69, 9.17) is 5.73 Å². The van der Waals surface area contributed by atoms with Crippen LogP contribution in [0.5, 0.6) is 0 Å². The van der Waals surface area contributed by atoms with Crippen LogP contribution in [-0.2, 0) is 12.0 Å². The Morgan fingerprint density at radius 2 is 1.67 bits per heavy atom. The Morgan fingerprint density at radius 3 is 2.33 bits per heavy atom. The van der Waals surface area contributed by atoms with Gasteiger partial charge in [0, 0.05) is 10.0 Å². The Kier molecular flexibility index (Phi) is 3.88. The maximum Gasteiger partial charge on any atom is 0.0433 e. The molecule has 0 spiro atoms. The fourth-order valence-electron chi connectivity index (χ4n) is 2.22.